The Hall–Kier alpha value is -2.67. The van der Waals surface area contributed by atoms with Crippen LogP contribution in [0, 0.1) is 0 Å². The number of likely N-dealkylation sites (tertiary alicyclic amines) is 1. The number of hydrogen-bond donors (Lipinski definition) is 1. The third-order valence-electron chi connectivity index (χ3n) is 4.37. The third kappa shape index (κ3) is 4.92. The van der Waals surface area contributed by atoms with Gasteiger partial charge in [0.2, 0.25) is 0 Å². The van der Waals surface area contributed by atoms with Crippen LogP contribution in [0.2, 0.25) is 0 Å². The SMILES string of the molecule is COCCOc1cccc(NC(=O)N2CCCC(c3ccncn3)C2)c1. The standard InChI is InChI=1S/C19H24N4O3/c1-25-10-11-26-17-6-2-5-16(12-17)22-19(24)23-9-3-4-15(13-23)18-7-8-20-14-21-18/h2,5-8,12,14-15H,3-4,9-11,13H2,1H3,(H,22,24). The van der Waals surface area contributed by atoms with Gasteiger partial charge in [0.25, 0.3) is 0 Å². The number of carbonyl (C=O) groups excluding carboxylic acids is 1. The van der Waals surface area contributed by atoms with E-state index in [0.29, 0.717) is 31.2 Å². The van der Waals surface area contributed by atoms with Crippen LogP contribution in [0.4, 0.5) is 10.5 Å². The van der Waals surface area contributed by atoms with E-state index in [4.69, 9.17) is 9.47 Å². The van der Waals surface area contributed by atoms with Gasteiger partial charge < -0.3 is 19.7 Å². The number of urea groups is 1. The van der Waals surface area contributed by atoms with E-state index >= 15 is 0 Å². The van der Waals surface area contributed by atoms with Crippen molar-refractivity contribution >= 4 is 11.7 Å². The summed E-state index contributed by atoms with van der Waals surface area (Å²) in [7, 11) is 1.63. The summed E-state index contributed by atoms with van der Waals surface area (Å²) in [6, 6.07) is 9.21. The molecule has 7 heteroatoms. The van der Waals surface area contributed by atoms with Gasteiger partial charge in [-0.25, -0.2) is 14.8 Å². The summed E-state index contributed by atoms with van der Waals surface area (Å²) in [5.41, 5.74) is 1.71. The molecule has 1 aliphatic rings. The fourth-order valence-electron chi connectivity index (χ4n) is 3.05. The zero-order valence-electron chi connectivity index (χ0n) is 14.9. The Bertz CT molecular complexity index is 711. The molecule has 1 atom stereocenters. The van der Waals surface area contributed by atoms with Crippen molar-refractivity contribution in [2.24, 2.45) is 0 Å². The average Bonchev–Trinajstić information content (AvgIpc) is 2.69. The van der Waals surface area contributed by atoms with Crippen molar-refractivity contribution in [3.63, 3.8) is 0 Å². The lowest BCUT2D eigenvalue weighted by molar-refractivity contribution is 0.146. The summed E-state index contributed by atoms with van der Waals surface area (Å²) >= 11 is 0. The van der Waals surface area contributed by atoms with E-state index in [1.807, 2.05) is 35.2 Å². The number of piperidine rings is 1. The smallest absolute Gasteiger partial charge is 0.321 e. The number of benzene rings is 1. The van der Waals surface area contributed by atoms with Crippen LogP contribution in [0.3, 0.4) is 0 Å². The Morgan fingerprint density at radius 3 is 3.08 bits per heavy atom. The number of anilines is 1. The van der Waals surface area contributed by atoms with Gasteiger partial charge in [0, 0.05) is 49.8 Å². The van der Waals surface area contributed by atoms with Gasteiger partial charge in [0.05, 0.1) is 6.61 Å². The second-order valence-electron chi connectivity index (χ2n) is 6.22. The van der Waals surface area contributed by atoms with Crippen LogP contribution in [0.5, 0.6) is 5.75 Å². The van der Waals surface area contributed by atoms with Gasteiger partial charge in [-0.2, -0.15) is 0 Å². The number of carbonyl (C=O) groups is 1. The Balaban J connectivity index is 1.58. The van der Waals surface area contributed by atoms with Crippen molar-refractivity contribution in [1.29, 1.82) is 0 Å². The van der Waals surface area contributed by atoms with Crippen LogP contribution >= 0.6 is 0 Å². The summed E-state index contributed by atoms with van der Waals surface area (Å²) < 4.78 is 10.6. The molecule has 2 aromatic rings. The van der Waals surface area contributed by atoms with Gasteiger partial charge in [-0.3, -0.25) is 0 Å². The van der Waals surface area contributed by atoms with Crippen molar-refractivity contribution in [3.05, 3.63) is 48.5 Å². The average molecular weight is 356 g/mol. The van der Waals surface area contributed by atoms with Gasteiger partial charge in [0.1, 0.15) is 18.7 Å². The van der Waals surface area contributed by atoms with Crippen LogP contribution in [0.1, 0.15) is 24.5 Å². The minimum absolute atomic E-state index is 0.0993. The van der Waals surface area contributed by atoms with Crippen LogP contribution in [0.25, 0.3) is 0 Å². The molecule has 1 N–H and O–H groups in total. The quantitative estimate of drug-likeness (QED) is 0.806. The first-order chi connectivity index (χ1) is 12.8. The Labute approximate surface area is 153 Å². The lowest BCUT2D eigenvalue weighted by atomic mass is 9.95. The molecule has 1 unspecified atom stereocenters. The van der Waals surface area contributed by atoms with Gasteiger partial charge in [-0.1, -0.05) is 6.07 Å². The van der Waals surface area contributed by atoms with E-state index in [0.717, 1.165) is 25.1 Å². The first kappa shape index (κ1) is 18.1. The number of aromatic nitrogens is 2. The molecule has 0 spiro atoms. The second kappa shape index (κ2) is 9.15. The zero-order chi connectivity index (χ0) is 18.2. The molecule has 138 valence electrons. The van der Waals surface area contributed by atoms with Crippen molar-refractivity contribution < 1.29 is 14.3 Å². The highest BCUT2D eigenvalue weighted by molar-refractivity contribution is 5.89. The number of rotatable bonds is 6. The summed E-state index contributed by atoms with van der Waals surface area (Å²) in [6.45, 7) is 2.40. The molecule has 0 saturated carbocycles. The number of hydrogen-bond acceptors (Lipinski definition) is 5. The van der Waals surface area contributed by atoms with Crippen LogP contribution in [-0.4, -0.2) is 54.3 Å². The summed E-state index contributed by atoms with van der Waals surface area (Å²) in [6.07, 6.45) is 5.30. The molecule has 1 aliphatic heterocycles. The fraction of sp³-hybridized carbons (Fsp3) is 0.421. The second-order valence-corrected chi connectivity index (χ2v) is 6.22. The summed E-state index contributed by atoms with van der Waals surface area (Å²) in [5, 5.41) is 2.96. The number of nitrogens with one attached hydrogen (secondary N) is 1. The van der Waals surface area contributed by atoms with E-state index in [2.05, 4.69) is 15.3 Å². The van der Waals surface area contributed by atoms with Gasteiger partial charge in [-0.15, -0.1) is 0 Å². The molecular formula is C19H24N4O3. The summed E-state index contributed by atoms with van der Waals surface area (Å²) in [4.78, 5) is 22.8. The number of amides is 2. The van der Waals surface area contributed by atoms with Crippen molar-refractivity contribution in [2.75, 3.05) is 38.7 Å². The van der Waals surface area contributed by atoms with Crippen molar-refractivity contribution in [1.82, 2.24) is 14.9 Å². The molecule has 1 fully saturated rings. The molecule has 2 amide bonds. The summed E-state index contributed by atoms with van der Waals surface area (Å²) in [5.74, 6) is 0.957. The minimum Gasteiger partial charge on any atom is -0.491 e. The molecule has 0 aliphatic carbocycles. The van der Waals surface area contributed by atoms with E-state index < -0.39 is 0 Å². The first-order valence-corrected chi connectivity index (χ1v) is 8.80. The lowest BCUT2D eigenvalue weighted by Gasteiger charge is -2.32. The van der Waals surface area contributed by atoms with Crippen LogP contribution < -0.4 is 10.1 Å². The molecule has 1 aromatic carbocycles. The number of methoxy groups -OCH3 is 1. The molecule has 1 aromatic heterocycles. The molecule has 7 nitrogen and oxygen atoms in total. The van der Waals surface area contributed by atoms with Crippen LogP contribution in [-0.2, 0) is 4.74 Å². The van der Waals surface area contributed by atoms with Gasteiger partial charge in [0.15, 0.2) is 0 Å². The highest BCUT2D eigenvalue weighted by atomic mass is 16.5. The highest BCUT2D eigenvalue weighted by Gasteiger charge is 2.25. The van der Waals surface area contributed by atoms with E-state index in [-0.39, 0.29) is 11.9 Å². The van der Waals surface area contributed by atoms with E-state index in [9.17, 15) is 4.79 Å². The first-order valence-electron chi connectivity index (χ1n) is 8.80. The predicted octanol–water partition coefficient (Wildman–Crippen LogP) is 2.91. The largest absolute Gasteiger partial charge is 0.491 e. The van der Waals surface area contributed by atoms with Crippen molar-refractivity contribution in [2.45, 2.75) is 18.8 Å². The monoisotopic (exact) mass is 356 g/mol. The predicted molar refractivity (Wildman–Crippen MR) is 98.4 cm³/mol. The molecule has 1 saturated heterocycles. The Kier molecular flexibility index (Phi) is 6.38. The fourth-order valence-corrected chi connectivity index (χ4v) is 3.05. The molecule has 0 bridgehead atoms. The number of nitrogens with zero attached hydrogens (tertiary/aromatic N) is 3. The Morgan fingerprint density at radius 1 is 1.35 bits per heavy atom. The van der Waals surface area contributed by atoms with Crippen LogP contribution in [0.15, 0.2) is 42.9 Å². The molecule has 26 heavy (non-hydrogen) atoms. The lowest BCUT2D eigenvalue weighted by Crippen LogP contribution is -2.41. The van der Waals surface area contributed by atoms with Crippen molar-refractivity contribution in [3.8, 4) is 5.75 Å². The van der Waals surface area contributed by atoms with Gasteiger partial charge in [-0.05, 0) is 31.0 Å². The molecule has 0 radical (unpaired) electrons. The van der Waals surface area contributed by atoms with Gasteiger partial charge >= 0.3 is 6.03 Å². The number of ether oxygens (including phenoxy) is 2. The Morgan fingerprint density at radius 2 is 2.27 bits per heavy atom. The molecule has 3 rings (SSSR count). The normalized spacial score (nSPS) is 17.0. The van der Waals surface area contributed by atoms with E-state index in [1.54, 1.807) is 19.6 Å². The maximum Gasteiger partial charge on any atom is 0.321 e. The minimum atomic E-state index is -0.0993. The maximum atomic E-state index is 12.6. The maximum absolute atomic E-state index is 12.6. The molecule has 2 heterocycles. The topological polar surface area (TPSA) is 76.6 Å². The van der Waals surface area contributed by atoms with E-state index in [1.165, 1.54) is 0 Å². The third-order valence-corrected chi connectivity index (χ3v) is 4.37. The highest BCUT2D eigenvalue weighted by Crippen LogP contribution is 2.26. The zero-order valence-corrected chi connectivity index (χ0v) is 14.9. The molecular weight excluding hydrogens is 332 g/mol.